The fourth-order valence-corrected chi connectivity index (χ4v) is 4.39. The van der Waals surface area contributed by atoms with Crippen molar-refractivity contribution >= 4 is 27.3 Å². The first kappa shape index (κ1) is 24.1. The minimum atomic E-state index is -3.78. The normalized spacial score (nSPS) is 11.0. The van der Waals surface area contributed by atoms with Gasteiger partial charge in [0, 0.05) is 11.8 Å². The Labute approximate surface area is 194 Å². The summed E-state index contributed by atoms with van der Waals surface area (Å²) >= 11 is 0. The summed E-state index contributed by atoms with van der Waals surface area (Å²) in [5.41, 5.74) is 3.37. The zero-order valence-electron chi connectivity index (χ0n) is 18.9. The summed E-state index contributed by atoms with van der Waals surface area (Å²) in [4.78, 5) is 12.5. The molecule has 174 valence electrons. The van der Waals surface area contributed by atoms with E-state index in [9.17, 15) is 13.2 Å². The van der Waals surface area contributed by atoms with Crippen LogP contribution in [0.25, 0.3) is 0 Å². The fraction of sp³-hybridized carbons (Fsp3) is 0.240. The molecule has 0 unspecified atom stereocenters. The van der Waals surface area contributed by atoms with Crippen LogP contribution in [0.3, 0.4) is 0 Å². The van der Waals surface area contributed by atoms with Crippen molar-refractivity contribution in [2.75, 3.05) is 23.8 Å². The van der Waals surface area contributed by atoms with Gasteiger partial charge in [0.15, 0.2) is 6.61 Å². The van der Waals surface area contributed by atoms with Crippen molar-refractivity contribution < 1.29 is 22.7 Å². The van der Waals surface area contributed by atoms with E-state index in [1.807, 2.05) is 32.0 Å². The smallest absolute Gasteiger partial charge is 0.262 e. The van der Waals surface area contributed by atoms with E-state index >= 15 is 0 Å². The van der Waals surface area contributed by atoms with Crippen molar-refractivity contribution in [3.63, 3.8) is 0 Å². The number of rotatable bonds is 10. The monoisotopic (exact) mass is 468 g/mol. The molecular weight excluding hydrogens is 440 g/mol. The molecule has 0 aliphatic heterocycles. The number of amides is 1. The molecule has 0 aromatic heterocycles. The molecule has 0 aliphatic rings. The lowest BCUT2D eigenvalue weighted by Gasteiger charge is -2.15. The lowest BCUT2D eigenvalue weighted by Crippen LogP contribution is -2.21. The number of nitrogens with one attached hydrogen (secondary N) is 2. The molecule has 0 saturated heterocycles. The Hall–Kier alpha value is -3.52. The van der Waals surface area contributed by atoms with Gasteiger partial charge in [0.1, 0.15) is 11.5 Å². The first-order valence-corrected chi connectivity index (χ1v) is 12.1. The molecule has 8 heteroatoms. The standard InChI is InChI=1S/C25H28N2O5S/c1-4-18-8-6-9-19(5-2)25(18)26-24(28)17-32-21-12-14-23(15-13-21)33(29,30)27-20-10-7-11-22(16-20)31-3/h6-16,27H,4-5,17H2,1-3H3,(H,26,28). The van der Waals surface area contributed by atoms with Crippen LogP contribution in [0.4, 0.5) is 11.4 Å². The van der Waals surface area contributed by atoms with Crippen LogP contribution >= 0.6 is 0 Å². The third-order valence-electron chi connectivity index (χ3n) is 5.09. The van der Waals surface area contributed by atoms with Crippen LogP contribution in [0.5, 0.6) is 11.5 Å². The predicted octanol–water partition coefficient (Wildman–Crippen LogP) is 4.64. The van der Waals surface area contributed by atoms with E-state index in [1.165, 1.54) is 31.4 Å². The van der Waals surface area contributed by atoms with Gasteiger partial charge in [-0.1, -0.05) is 38.1 Å². The van der Waals surface area contributed by atoms with Gasteiger partial charge >= 0.3 is 0 Å². The Kier molecular flexibility index (Phi) is 7.95. The molecule has 0 spiro atoms. The molecule has 0 radical (unpaired) electrons. The van der Waals surface area contributed by atoms with Crippen LogP contribution in [-0.4, -0.2) is 28.0 Å². The van der Waals surface area contributed by atoms with Gasteiger partial charge < -0.3 is 14.8 Å². The average Bonchev–Trinajstić information content (AvgIpc) is 2.83. The highest BCUT2D eigenvalue weighted by atomic mass is 32.2. The Morgan fingerprint density at radius 2 is 1.52 bits per heavy atom. The van der Waals surface area contributed by atoms with E-state index in [0.29, 0.717) is 17.2 Å². The largest absolute Gasteiger partial charge is 0.497 e. The molecule has 0 saturated carbocycles. The number of carbonyl (C=O) groups is 1. The SMILES string of the molecule is CCc1cccc(CC)c1NC(=O)COc1ccc(S(=O)(=O)Nc2cccc(OC)c2)cc1. The predicted molar refractivity (Wildman–Crippen MR) is 130 cm³/mol. The van der Waals surface area contributed by atoms with Gasteiger partial charge in [-0.15, -0.1) is 0 Å². The van der Waals surface area contributed by atoms with Gasteiger partial charge in [0.05, 0.1) is 17.7 Å². The zero-order valence-corrected chi connectivity index (χ0v) is 19.7. The third kappa shape index (κ3) is 6.26. The molecular formula is C25H28N2O5S. The van der Waals surface area contributed by atoms with Crippen molar-refractivity contribution in [1.82, 2.24) is 0 Å². The Bertz CT molecular complexity index is 1190. The summed E-state index contributed by atoms with van der Waals surface area (Å²) in [5, 5.41) is 2.94. The van der Waals surface area contributed by atoms with Crippen LogP contribution in [0, 0.1) is 0 Å². The summed E-state index contributed by atoms with van der Waals surface area (Å²) in [6, 6.07) is 18.5. The van der Waals surface area contributed by atoms with E-state index in [2.05, 4.69) is 10.0 Å². The second-order valence-corrected chi connectivity index (χ2v) is 8.99. The lowest BCUT2D eigenvalue weighted by atomic mass is 10.0. The second-order valence-electron chi connectivity index (χ2n) is 7.30. The molecule has 1 amide bonds. The van der Waals surface area contributed by atoms with Crippen molar-refractivity contribution in [1.29, 1.82) is 0 Å². The van der Waals surface area contributed by atoms with Gasteiger partial charge in [0.25, 0.3) is 15.9 Å². The van der Waals surface area contributed by atoms with E-state index in [0.717, 1.165) is 29.7 Å². The number of carbonyl (C=O) groups excluding carboxylic acids is 1. The number of hydrogen-bond acceptors (Lipinski definition) is 5. The molecule has 0 fully saturated rings. The van der Waals surface area contributed by atoms with Gasteiger partial charge in [-0.05, 0) is 60.4 Å². The molecule has 3 aromatic rings. The van der Waals surface area contributed by atoms with Crippen LogP contribution in [0.15, 0.2) is 71.6 Å². The van der Waals surface area contributed by atoms with E-state index < -0.39 is 10.0 Å². The molecule has 0 bridgehead atoms. The molecule has 2 N–H and O–H groups in total. The number of aryl methyl sites for hydroxylation is 2. The van der Waals surface area contributed by atoms with Gasteiger partial charge in [-0.25, -0.2) is 8.42 Å². The van der Waals surface area contributed by atoms with Gasteiger partial charge in [0.2, 0.25) is 0 Å². The first-order valence-electron chi connectivity index (χ1n) is 10.7. The summed E-state index contributed by atoms with van der Waals surface area (Å²) in [6.45, 7) is 3.90. The molecule has 7 nitrogen and oxygen atoms in total. The lowest BCUT2D eigenvalue weighted by molar-refractivity contribution is -0.118. The third-order valence-corrected chi connectivity index (χ3v) is 6.49. The molecule has 0 heterocycles. The maximum Gasteiger partial charge on any atom is 0.262 e. The zero-order chi connectivity index (χ0) is 23.8. The highest BCUT2D eigenvalue weighted by Crippen LogP contribution is 2.24. The number of benzene rings is 3. The van der Waals surface area contributed by atoms with E-state index in [1.54, 1.807) is 24.3 Å². The van der Waals surface area contributed by atoms with Crippen LogP contribution in [0.1, 0.15) is 25.0 Å². The second kappa shape index (κ2) is 10.9. The summed E-state index contributed by atoms with van der Waals surface area (Å²) in [6.07, 6.45) is 1.62. The maximum atomic E-state index is 12.6. The van der Waals surface area contributed by atoms with Crippen molar-refractivity contribution in [2.45, 2.75) is 31.6 Å². The Morgan fingerprint density at radius 1 is 0.879 bits per heavy atom. The quantitative estimate of drug-likeness (QED) is 0.452. The van der Waals surface area contributed by atoms with E-state index in [4.69, 9.17) is 9.47 Å². The summed E-state index contributed by atoms with van der Waals surface area (Å²) in [5.74, 6) is 0.664. The number of hydrogen-bond donors (Lipinski definition) is 2. The Morgan fingerprint density at radius 3 is 2.12 bits per heavy atom. The number of para-hydroxylation sites is 1. The minimum absolute atomic E-state index is 0.0755. The molecule has 0 atom stereocenters. The number of sulfonamides is 1. The Balaban J connectivity index is 1.62. The summed E-state index contributed by atoms with van der Waals surface area (Å²) in [7, 11) is -2.27. The molecule has 3 aromatic carbocycles. The topological polar surface area (TPSA) is 93.7 Å². The number of methoxy groups -OCH3 is 1. The van der Waals surface area contributed by atoms with Crippen LogP contribution in [-0.2, 0) is 27.7 Å². The number of anilines is 2. The van der Waals surface area contributed by atoms with Crippen molar-refractivity contribution in [3.8, 4) is 11.5 Å². The average molecular weight is 469 g/mol. The van der Waals surface area contributed by atoms with Gasteiger partial charge in [-0.2, -0.15) is 0 Å². The highest BCUT2D eigenvalue weighted by molar-refractivity contribution is 7.92. The first-order chi connectivity index (χ1) is 15.9. The summed E-state index contributed by atoms with van der Waals surface area (Å²) < 4.78 is 38.5. The van der Waals surface area contributed by atoms with Gasteiger partial charge in [-0.3, -0.25) is 9.52 Å². The molecule has 33 heavy (non-hydrogen) atoms. The van der Waals surface area contributed by atoms with Crippen LogP contribution < -0.4 is 19.5 Å². The van der Waals surface area contributed by atoms with Crippen molar-refractivity contribution in [2.24, 2.45) is 0 Å². The maximum absolute atomic E-state index is 12.6. The number of ether oxygens (including phenoxy) is 2. The van der Waals surface area contributed by atoms with Crippen LogP contribution in [0.2, 0.25) is 0 Å². The highest BCUT2D eigenvalue weighted by Gasteiger charge is 2.15. The fourth-order valence-electron chi connectivity index (χ4n) is 3.34. The minimum Gasteiger partial charge on any atom is -0.497 e. The van der Waals surface area contributed by atoms with Crippen molar-refractivity contribution in [3.05, 3.63) is 77.9 Å². The molecule has 0 aliphatic carbocycles. The van der Waals surface area contributed by atoms with E-state index in [-0.39, 0.29) is 17.4 Å². The molecule has 3 rings (SSSR count).